The van der Waals surface area contributed by atoms with Gasteiger partial charge in [-0.2, -0.15) is 0 Å². The highest BCUT2D eigenvalue weighted by Crippen LogP contribution is 2.26. The van der Waals surface area contributed by atoms with Gasteiger partial charge in [0.2, 0.25) is 5.91 Å². The zero-order chi connectivity index (χ0) is 10.8. The van der Waals surface area contributed by atoms with Gasteiger partial charge in [0.25, 0.3) is 0 Å². The fraction of sp³-hybridized carbons (Fsp3) is 0.917. The molecule has 2 aliphatic heterocycles. The second-order valence-corrected chi connectivity index (χ2v) is 5.40. The molecule has 2 unspecified atom stereocenters. The van der Waals surface area contributed by atoms with E-state index in [1.54, 1.807) is 0 Å². The van der Waals surface area contributed by atoms with E-state index in [2.05, 4.69) is 24.1 Å². The van der Waals surface area contributed by atoms with Crippen LogP contribution in [0.3, 0.4) is 0 Å². The van der Waals surface area contributed by atoms with Gasteiger partial charge in [0.15, 0.2) is 0 Å². The molecule has 86 valence electrons. The molecule has 3 heteroatoms. The first-order valence-corrected chi connectivity index (χ1v) is 6.15. The summed E-state index contributed by atoms with van der Waals surface area (Å²) >= 11 is 0. The molecule has 0 radical (unpaired) electrons. The third-order valence-electron chi connectivity index (χ3n) is 3.64. The largest absolute Gasteiger partial charge is 0.342 e. The lowest BCUT2D eigenvalue weighted by molar-refractivity contribution is -0.134. The van der Waals surface area contributed by atoms with E-state index in [9.17, 15) is 4.79 Å². The second-order valence-electron chi connectivity index (χ2n) is 5.40. The quantitative estimate of drug-likeness (QED) is 0.740. The van der Waals surface area contributed by atoms with E-state index in [0.29, 0.717) is 18.2 Å². The van der Waals surface area contributed by atoms with E-state index in [0.717, 1.165) is 38.0 Å². The first-order valence-electron chi connectivity index (χ1n) is 6.15. The lowest BCUT2D eigenvalue weighted by Crippen LogP contribution is -2.43. The Bertz CT molecular complexity index is 240. The zero-order valence-corrected chi connectivity index (χ0v) is 9.83. The Morgan fingerprint density at radius 3 is 2.87 bits per heavy atom. The standard InChI is InChI=1S/C12H22N2O/c1-9(2)5-12(15)14-4-3-10-6-13-7-11(10)8-14/h9-11,13H,3-8H2,1-2H3. The number of carbonyl (C=O) groups is 1. The molecule has 2 atom stereocenters. The normalized spacial score (nSPS) is 30.7. The molecular formula is C12H22N2O. The van der Waals surface area contributed by atoms with Crippen LogP contribution in [0.2, 0.25) is 0 Å². The molecule has 1 amide bonds. The lowest BCUT2D eigenvalue weighted by Gasteiger charge is -2.34. The number of carbonyl (C=O) groups excluding carboxylic acids is 1. The number of nitrogens with one attached hydrogen (secondary N) is 1. The molecule has 0 aromatic heterocycles. The molecule has 15 heavy (non-hydrogen) atoms. The van der Waals surface area contributed by atoms with Gasteiger partial charge in [0.1, 0.15) is 0 Å². The fourth-order valence-corrected chi connectivity index (χ4v) is 2.74. The zero-order valence-electron chi connectivity index (χ0n) is 9.83. The predicted octanol–water partition coefficient (Wildman–Crippen LogP) is 1.10. The van der Waals surface area contributed by atoms with Crippen molar-refractivity contribution in [3.05, 3.63) is 0 Å². The summed E-state index contributed by atoms with van der Waals surface area (Å²) in [6.07, 6.45) is 1.91. The number of rotatable bonds is 2. The highest BCUT2D eigenvalue weighted by atomic mass is 16.2. The summed E-state index contributed by atoms with van der Waals surface area (Å²) in [6.45, 7) is 8.47. The van der Waals surface area contributed by atoms with Gasteiger partial charge in [-0.15, -0.1) is 0 Å². The molecule has 0 bridgehead atoms. The maximum Gasteiger partial charge on any atom is 0.222 e. The molecule has 0 saturated carbocycles. The maximum absolute atomic E-state index is 11.9. The highest BCUT2D eigenvalue weighted by molar-refractivity contribution is 5.76. The van der Waals surface area contributed by atoms with Crippen LogP contribution >= 0.6 is 0 Å². The number of likely N-dealkylation sites (tertiary alicyclic amines) is 1. The van der Waals surface area contributed by atoms with Gasteiger partial charge in [-0.25, -0.2) is 0 Å². The van der Waals surface area contributed by atoms with E-state index in [-0.39, 0.29) is 0 Å². The van der Waals surface area contributed by atoms with Crippen LogP contribution in [0.5, 0.6) is 0 Å². The molecule has 2 saturated heterocycles. The summed E-state index contributed by atoms with van der Waals surface area (Å²) in [5.74, 6) is 2.38. The number of hydrogen-bond acceptors (Lipinski definition) is 2. The van der Waals surface area contributed by atoms with E-state index in [1.165, 1.54) is 6.42 Å². The van der Waals surface area contributed by atoms with Crippen LogP contribution in [-0.4, -0.2) is 37.0 Å². The molecule has 2 fully saturated rings. The summed E-state index contributed by atoms with van der Waals surface area (Å²) < 4.78 is 0. The molecule has 0 aliphatic carbocycles. The first-order chi connectivity index (χ1) is 7.16. The molecule has 3 nitrogen and oxygen atoms in total. The van der Waals surface area contributed by atoms with Crippen molar-refractivity contribution >= 4 is 5.91 Å². The predicted molar refractivity (Wildman–Crippen MR) is 60.5 cm³/mol. The Kier molecular flexibility index (Phi) is 3.29. The van der Waals surface area contributed by atoms with Gasteiger partial charge in [0.05, 0.1) is 0 Å². The molecule has 2 rings (SSSR count). The summed E-state index contributed by atoms with van der Waals surface area (Å²) in [5, 5.41) is 3.43. The average molecular weight is 210 g/mol. The number of hydrogen-bond donors (Lipinski definition) is 1. The van der Waals surface area contributed by atoms with Crippen LogP contribution in [0.1, 0.15) is 26.7 Å². The van der Waals surface area contributed by atoms with Crippen molar-refractivity contribution < 1.29 is 4.79 Å². The van der Waals surface area contributed by atoms with E-state index in [1.807, 2.05) is 0 Å². The number of amides is 1. The Morgan fingerprint density at radius 2 is 2.13 bits per heavy atom. The van der Waals surface area contributed by atoms with E-state index in [4.69, 9.17) is 0 Å². The van der Waals surface area contributed by atoms with Crippen LogP contribution in [0, 0.1) is 17.8 Å². The number of fused-ring (bicyclic) bond motifs is 1. The van der Waals surface area contributed by atoms with Crippen molar-refractivity contribution in [3.8, 4) is 0 Å². The van der Waals surface area contributed by atoms with E-state index >= 15 is 0 Å². The third-order valence-corrected chi connectivity index (χ3v) is 3.64. The molecule has 0 spiro atoms. The monoisotopic (exact) mass is 210 g/mol. The third kappa shape index (κ3) is 2.51. The van der Waals surface area contributed by atoms with Crippen LogP contribution in [0.25, 0.3) is 0 Å². The number of piperidine rings is 1. The summed E-state index contributed by atoms with van der Waals surface area (Å²) in [6, 6.07) is 0. The topological polar surface area (TPSA) is 32.3 Å². The minimum absolute atomic E-state index is 0.357. The van der Waals surface area contributed by atoms with Gasteiger partial charge in [-0.3, -0.25) is 4.79 Å². The smallest absolute Gasteiger partial charge is 0.222 e. The Hall–Kier alpha value is -0.570. The minimum Gasteiger partial charge on any atom is -0.342 e. The first kappa shape index (κ1) is 10.9. The van der Waals surface area contributed by atoms with Crippen molar-refractivity contribution in [2.75, 3.05) is 26.2 Å². The van der Waals surface area contributed by atoms with Gasteiger partial charge < -0.3 is 10.2 Å². The summed E-state index contributed by atoms with van der Waals surface area (Å²) in [7, 11) is 0. The Morgan fingerprint density at radius 1 is 1.40 bits per heavy atom. The molecule has 1 N–H and O–H groups in total. The van der Waals surface area contributed by atoms with Crippen LogP contribution in [0.4, 0.5) is 0 Å². The van der Waals surface area contributed by atoms with Crippen molar-refractivity contribution in [3.63, 3.8) is 0 Å². The van der Waals surface area contributed by atoms with Crippen molar-refractivity contribution in [2.24, 2.45) is 17.8 Å². The lowest BCUT2D eigenvalue weighted by atomic mass is 9.88. The molecule has 0 aromatic rings. The van der Waals surface area contributed by atoms with Crippen molar-refractivity contribution in [2.45, 2.75) is 26.7 Å². The summed E-state index contributed by atoms with van der Waals surface area (Å²) in [5.41, 5.74) is 0. The van der Waals surface area contributed by atoms with Crippen LogP contribution < -0.4 is 5.32 Å². The van der Waals surface area contributed by atoms with Gasteiger partial charge in [0, 0.05) is 19.5 Å². The Labute approximate surface area is 92.2 Å². The van der Waals surface area contributed by atoms with Gasteiger partial charge in [-0.05, 0) is 37.3 Å². The van der Waals surface area contributed by atoms with Gasteiger partial charge in [-0.1, -0.05) is 13.8 Å². The number of nitrogens with zero attached hydrogens (tertiary/aromatic N) is 1. The van der Waals surface area contributed by atoms with Crippen molar-refractivity contribution in [1.29, 1.82) is 0 Å². The van der Waals surface area contributed by atoms with Crippen LogP contribution in [0.15, 0.2) is 0 Å². The molecule has 2 aliphatic rings. The second kappa shape index (κ2) is 4.52. The molecular weight excluding hydrogens is 188 g/mol. The fourth-order valence-electron chi connectivity index (χ4n) is 2.74. The maximum atomic E-state index is 11.9. The van der Waals surface area contributed by atoms with Gasteiger partial charge >= 0.3 is 0 Å². The molecule has 0 aromatic carbocycles. The van der Waals surface area contributed by atoms with Crippen molar-refractivity contribution in [1.82, 2.24) is 10.2 Å². The minimum atomic E-state index is 0.357. The highest BCUT2D eigenvalue weighted by Gasteiger charge is 2.34. The van der Waals surface area contributed by atoms with Crippen LogP contribution in [-0.2, 0) is 4.79 Å². The summed E-state index contributed by atoms with van der Waals surface area (Å²) in [4.78, 5) is 14.0. The Balaban J connectivity index is 1.86. The van der Waals surface area contributed by atoms with E-state index < -0.39 is 0 Å². The molecule has 2 heterocycles. The SMILES string of the molecule is CC(C)CC(=O)N1CCC2CNCC2C1. The average Bonchev–Trinajstić information content (AvgIpc) is 2.62.